The Labute approximate surface area is 269 Å². The lowest BCUT2D eigenvalue weighted by Crippen LogP contribution is -2.58. The van der Waals surface area contributed by atoms with Crippen LogP contribution in [0.4, 0.5) is 4.79 Å². The van der Waals surface area contributed by atoms with Crippen LogP contribution in [0.5, 0.6) is 11.5 Å². The van der Waals surface area contributed by atoms with Crippen molar-refractivity contribution in [2.45, 2.75) is 76.3 Å². The summed E-state index contributed by atoms with van der Waals surface area (Å²) in [5.41, 5.74) is 0.444. The summed E-state index contributed by atoms with van der Waals surface area (Å²) in [5, 5.41) is 0.415. The molecule has 12 nitrogen and oxygen atoms in total. The van der Waals surface area contributed by atoms with Gasteiger partial charge in [-0.2, -0.15) is 8.42 Å². The van der Waals surface area contributed by atoms with E-state index < -0.39 is 51.6 Å². The van der Waals surface area contributed by atoms with E-state index in [1.165, 1.54) is 16.7 Å². The second kappa shape index (κ2) is 15.1. The van der Waals surface area contributed by atoms with Crippen LogP contribution in [0.1, 0.15) is 38.8 Å². The van der Waals surface area contributed by atoms with Crippen LogP contribution in [0.3, 0.4) is 0 Å². The van der Waals surface area contributed by atoms with E-state index in [4.69, 9.17) is 37.6 Å². The van der Waals surface area contributed by atoms with Crippen molar-refractivity contribution in [1.82, 2.24) is 4.90 Å². The van der Waals surface area contributed by atoms with Gasteiger partial charge in [0.1, 0.15) is 46.9 Å². The van der Waals surface area contributed by atoms with Gasteiger partial charge in [-0.15, -0.1) is 0 Å². The molecule has 0 aliphatic carbocycles. The largest absolute Gasteiger partial charge is 0.497 e. The minimum absolute atomic E-state index is 0.176. The molecule has 2 aliphatic rings. The van der Waals surface area contributed by atoms with Crippen LogP contribution in [0, 0.1) is 0 Å². The molecule has 2 aliphatic heterocycles. The predicted molar refractivity (Wildman–Crippen MR) is 170 cm³/mol. The summed E-state index contributed by atoms with van der Waals surface area (Å²) in [4.78, 5) is 19.4. The minimum atomic E-state index is -3.79. The van der Waals surface area contributed by atoms with Crippen LogP contribution >= 0.6 is 11.8 Å². The molecule has 2 heterocycles. The van der Waals surface area contributed by atoms with Crippen LogP contribution in [-0.2, 0) is 46.5 Å². The van der Waals surface area contributed by atoms with Crippen LogP contribution in [0.25, 0.3) is 0 Å². The predicted octanol–water partition coefficient (Wildman–Crippen LogP) is 4.60. The molecule has 0 N–H and O–H groups in total. The zero-order valence-corrected chi connectivity index (χ0v) is 28.3. The Bertz CT molecular complexity index is 1410. The highest BCUT2D eigenvalue weighted by Crippen LogP contribution is 2.40. The molecule has 1 fully saturated rings. The van der Waals surface area contributed by atoms with Gasteiger partial charge in [0.2, 0.25) is 0 Å². The van der Waals surface area contributed by atoms with E-state index >= 15 is 0 Å². The average molecular weight is 667 g/mol. The number of thioether (sulfide) groups is 1. The minimum Gasteiger partial charge on any atom is -0.497 e. The maximum Gasteiger partial charge on any atom is 0.416 e. The van der Waals surface area contributed by atoms with Crippen molar-refractivity contribution in [1.29, 1.82) is 0 Å². The van der Waals surface area contributed by atoms with Gasteiger partial charge in [-0.25, -0.2) is 4.79 Å². The highest BCUT2D eigenvalue weighted by atomic mass is 32.2. The SMILES string of the molecule is CCN(C(=O)OC(C)(C)C)C1=N[C@@H]2[C@@H](OCc3ccc(OC)cc3)[C@H](OCc3ccc(OC)cc3)[C@@H](COS(C)(=O)=O)O[C@@H]2S1. The molecule has 248 valence electrons. The average Bonchev–Trinajstić information content (AvgIpc) is 3.40. The summed E-state index contributed by atoms with van der Waals surface area (Å²) in [7, 11) is -0.596. The zero-order chi connectivity index (χ0) is 32.8. The Hall–Kier alpha value is -2.88. The normalized spacial score (nSPS) is 23.2. The number of hydrogen-bond acceptors (Lipinski definition) is 12. The second-order valence-electron chi connectivity index (χ2n) is 11.5. The lowest BCUT2D eigenvalue weighted by atomic mass is 9.97. The van der Waals surface area contributed by atoms with Gasteiger partial charge in [0.25, 0.3) is 10.1 Å². The number of methoxy groups -OCH3 is 2. The van der Waals surface area contributed by atoms with E-state index in [1.54, 1.807) is 35.0 Å². The fraction of sp³-hybridized carbons (Fsp3) is 0.548. The van der Waals surface area contributed by atoms with E-state index in [2.05, 4.69) is 0 Å². The van der Waals surface area contributed by atoms with Crippen molar-refractivity contribution in [3.8, 4) is 11.5 Å². The Balaban J connectivity index is 1.66. The molecular weight excluding hydrogens is 624 g/mol. The molecule has 0 bridgehead atoms. The van der Waals surface area contributed by atoms with E-state index in [-0.39, 0.29) is 19.8 Å². The van der Waals surface area contributed by atoms with Crippen LogP contribution in [0.2, 0.25) is 0 Å². The van der Waals surface area contributed by atoms with Crippen molar-refractivity contribution < 1.29 is 45.8 Å². The molecule has 2 aromatic carbocycles. The van der Waals surface area contributed by atoms with E-state index in [9.17, 15) is 13.2 Å². The van der Waals surface area contributed by atoms with Crippen LogP contribution in [0.15, 0.2) is 53.5 Å². The van der Waals surface area contributed by atoms with Gasteiger partial charge in [-0.05, 0) is 63.1 Å². The summed E-state index contributed by atoms with van der Waals surface area (Å²) in [5.74, 6) is 1.42. The summed E-state index contributed by atoms with van der Waals surface area (Å²) in [6.45, 7) is 7.63. The molecule has 5 atom stereocenters. The number of rotatable bonds is 12. The molecule has 0 unspecified atom stereocenters. The number of hydrogen-bond donors (Lipinski definition) is 0. The van der Waals surface area contributed by atoms with Crippen molar-refractivity contribution in [3.05, 3.63) is 59.7 Å². The molecule has 0 spiro atoms. The summed E-state index contributed by atoms with van der Waals surface area (Å²) >= 11 is 1.25. The standard InChI is InChI=1S/C31H42N2O10S2/c1-8-33(30(34)43-31(2,3)4)29-32-25-27(40-18-21-11-15-23(38-6)16-12-21)26(39-17-20-9-13-22(37-5)14-10-20)24(42-28(25)44-29)19-41-45(7,35)36/h9-16,24-28H,8,17-19H2,1-7H3/t24-,25-,26-,27-,28-/m1/s1. The monoisotopic (exact) mass is 666 g/mol. The number of fused-ring (bicyclic) bond motifs is 1. The van der Waals surface area contributed by atoms with Crippen molar-refractivity contribution in [3.63, 3.8) is 0 Å². The highest BCUT2D eigenvalue weighted by Gasteiger charge is 2.52. The number of ether oxygens (including phenoxy) is 6. The van der Waals surface area contributed by atoms with Crippen LogP contribution < -0.4 is 9.47 Å². The van der Waals surface area contributed by atoms with Gasteiger partial charge >= 0.3 is 6.09 Å². The molecule has 0 aromatic heterocycles. The van der Waals surface area contributed by atoms with Crippen molar-refractivity contribution >= 4 is 33.1 Å². The lowest BCUT2D eigenvalue weighted by molar-refractivity contribution is -0.203. The van der Waals surface area contributed by atoms with Gasteiger partial charge in [-0.1, -0.05) is 36.0 Å². The Morgan fingerprint density at radius 1 is 0.933 bits per heavy atom. The number of nitrogens with zero attached hydrogens (tertiary/aromatic N) is 2. The van der Waals surface area contributed by atoms with Crippen molar-refractivity contribution in [2.75, 3.05) is 33.6 Å². The molecule has 45 heavy (non-hydrogen) atoms. The maximum absolute atomic E-state index is 13.1. The second-order valence-corrected chi connectivity index (χ2v) is 14.2. The third-order valence-electron chi connectivity index (χ3n) is 6.91. The third-order valence-corrected chi connectivity index (χ3v) is 8.63. The van der Waals surface area contributed by atoms with Crippen molar-refractivity contribution in [2.24, 2.45) is 4.99 Å². The molecule has 1 amide bonds. The Kier molecular flexibility index (Phi) is 11.8. The maximum atomic E-state index is 13.1. The summed E-state index contributed by atoms with van der Waals surface area (Å²) in [6, 6.07) is 14.3. The number of carbonyl (C=O) groups excluding carboxylic acids is 1. The van der Waals surface area contributed by atoms with Crippen LogP contribution in [-0.4, -0.2) is 93.6 Å². The molecule has 2 aromatic rings. The first-order valence-electron chi connectivity index (χ1n) is 14.5. The first kappa shape index (κ1) is 35.0. The molecule has 14 heteroatoms. The Morgan fingerprint density at radius 3 is 1.93 bits per heavy atom. The first-order chi connectivity index (χ1) is 21.3. The number of amidine groups is 1. The molecule has 0 radical (unpaired) electrons. The quantitative estimate of drug-likeness (QED) is 0.295. The molecule has 1 saturated heterocycles. The van der Waals surface area contributed by atoms with Gasteiger partial charge in [0, 0.05) is 6.54 Å². The van der Waals surface area contributed by atoms with Gasteiger partial charge < -0.3 is 28.4 Å². The first-order valence-corrected chi connectivity index (χ1v) is 17.2. The van der Waals surface area contributed by atoms with Gasteiger partial charge in [-0.3, -0.25) is 14.1 Å². The molecule has 0 saturated carbocycles. The number of carbonyl (C=O) groups is 1. The topological polar surface area (TPSA) is 131 Å². The lowest BCUT2D eigenvalue weighted by Gasteiger charge is -2.42. The number of amides is 1. The zero-order valence-electron chi connectivity index (χ0n) is 26.6. The van der Waals surface area contributed by atoms with E-state index in [0.717, 1.165) is 17.4 Å². The summed E-state index contributed by atoms with van der Waals surface area (Å²) in [6.07, 6.45) is -1.86. The fourth-order valence-electron chi connectivity index (χ4n) is 4.73. The van der Waals surface area contributed by atoms with Gasteiger partial charge in [0.05, 0.1) is 40.3 Å². The summed E-state index contributed by atoms with van der Waals surface area (Å²) < 4.78 is 64.7. The highest BCUT2D eigenvalue weighted by molar-refractivity contribution is 8.14. The number of aliphatic imine (C=N–C) groups is 1. The third kappa shape index (κ3) is 9.80. The fourth-order valence-corrected chi connectivity index (χ4v) is 6.38. The van der Waals surface area contributed by atoms with Gasteiger partial charge in [0.15, 0.2) is 5.17 Å². The smallest absolute Gasteiger partial charge is 0.416 e. The molecule has 4 rings (SSSR count). The number of benzene rings is 2. The van der Waals surface area contributed by atoms with E-state index in [1.807, 2.05) is 55.5 Å². The molecular formula is C31H42N2O10S2. The Morgan fingerprint density at radius 2 is 1.47 bits per heavy atom. The van der Waals surface area contributed by atoms with E-state index in [0.29, 0.717) is 23.2 Å².